The van der Waals surface area contributed by atoms with Crippen LogP contribution in [-0.2, 0) is 0 Å². The van der Waals surface area contributed by atoms with E-state index in [2.05, 4.69) is 4.90 Å². The van der Waals surface area contributed by atoms with Crippen molar-refractivity contribution in [2.75, 3.05) is 26.4 Å². The Bertz CT molecular complexity index is 371. The van der Waals surface area contributed by atoms with E-state index in [0.717, 1.165) is 24.9 Å². The zero-order valence-corrected chi connectivity index (χ0v) is 11.2. The Morgan fingerprint density at radius 3 is 2.42 bits per heavy atom. The van der Waals surface area contributed by atoms with Gasteiger partial charge in [-0.15, -0.1) is 0 Å². The van der Waals surface area contributed by atoms with Crippen LogP contribution < -0.4 is 0 Å². The molecule has 3 atom stereocenters. The van der Waals surface area contributed by atoms with E-state index in [9.17, 15) is 15.3 Å². The van der Waals surface area contributed by atoms with E-state index in [1.807, 2.05) is 30.3 Å². The van der Waals surface area contributed by atoms with Crippen molar-refractivity contribution in [3.05, 3.63) is 35.9 Å². The maximum atomic E-state index is 9.72. The highest BCUT2D eigenvalue weighted by Gasteiger charge is 2.34. The minimum Gasteiger partial charge on any atom is -0.396 e. The molecule has 1 aromatic rings. The first-order valence-corrected chi connectivity index (χ1v) is 6.95. The fourth-order valence-electron chi connectivity index (χ4n) is 3.10. The summed E-state index contributed by atoms with van der Waals surface area (Å²) < 4.78 is 0. The van der Waals surface area contributed by atoms with Gasteiger partial charge in [-0.2, -0.15) is 0 Å². The van der Waals surface area contributed by atoms with Crippen molar-refractivity contribution in [3.63, 3.8) is 0 Å². The molecule has 3 N–H and O–H groups in total. The molecule has 0 aromatic heterocycles. The van der Waals surface area contributed by atoms with Crippen LogP contribution in [0.1, 0.15) is 24.4 Å². The SMILES string of the molecule is OC[C@@H]1CCCN([C@@H](CO)c2ccccc2)[C@@H]1CO. The highest BCUT2D eigenvalue weighted by Crippen LogP contribution is 2.31. The summed E-state index contributed by atoms with van der Waals surface area (Å²) in [5, 5.41) is 28.8. The molecule has 19 heavy (non-hydrogen) atoms. The van der Waals surface area contributed by atoms with Gasteiger partial charge in [0.15, 0.2) is 0 Å². The summed E-state index contributed by atoms with van der Waals surface area (Å²) in [6.07, 6.45) is 1.93. The molecule has 1 heterocycles. The average molecular weight is 265 g/mol. The van der Waals surface area contributed by atoms with Crippen LogP contribution in [0.4, 0.5) is 0 Å². The normalized spacial score (nSPS) is 26.3. The van der Waals surface area contributed by atoms with Gasteiger partial charge in [-0.1, -0.05) is 30.3 Å². The van der Waals surface area contributed by atoms with Gasteiger partial charge >= 0.3 is 0 Å². The summed E-state index contributed by atoms with van der Waals surface area (Å²) in [5.74, 6) is 0.0940. The maximum Gasteiger partial charge on any atom is 0.0628 e. The molecular formula is C15H23NO3. The molecule has 1 aliphatic heterocycles. The molecule has 0 bridgehead atoms. The monoisotopic (exact) mass is 265 g/mol. The molecule has 0 amide bonds. The van der Waals surface area contributed by atoms with E-state index < -0.39 is 0 Å². The van der Waals surface area contributed by atoms with Gasteiger partial charge in [-0.3, -0.25) is 4.90 Å². The van der Waals surface area contributed by atoms with Gasteiger partial charge in [0.25, 0.3) is 0 Å². The Kier molecular flexibility index (Phi) is 5.34. The predicted molar refractivity (Wildman–Crippen MR) is 73.7 cm³/mol. The van der Waals surface area contributed by atoms with E-state index in [4.69, 9.17) is 0 Å². The average Bonchev–Trinajstić information content (AvgIpc) is 2.48. The number of hydrogen-bond acceptors (Lipinski definition) is 4. The largest absolute Gasteiger partial charge is 0.396 e. The van der Waals surface area contributed by atoms with Crippen LogP contribution in [0.15, 0.2) is 30.3 Å². The maximum absolute atomic E-state index is 9.72. The lowest BCUT2D eigenvalue weighted by Crippen LogP contribution is -2.50. The summed E-state index contributed by atoms with van der Waals surface area (Å²) >= 11 is 0. The van der Waals surface area contributed by atoms with Gasteiger partial charge in [0, 0.05) is 12.6 Å². The second-order valence-corrected chi connectivity index (χ2v) is 5.18. The van der Waals surface area contributed by atoms with E-state index >= 15 is 0 Å². The third-order valence-corrected chi connectivity index (χ3v) is 4.14. The first-order chi connectivity index (χ1) is 9.31. The number of hydrogen-bond donors (Lipinski definition) is 3. The topological polar surface area (TPSA) is 63.9 Å². The third kappa shape index (κ3) is 3.15. The fourth-order valence-corrected chi connectivity index (χ4v) is 3.10. The summed E-state index contributed by atoms with van der Waals surface area (Å²) in [5.41, 5.74) is 1.06. The second-order valence-electron chi connectivity index (χ2n) is 5.18. The van der Waals surface area contributed by atoms with Gasteiger partial charge in [-0.25, -0.2) is 0 Å². The Balaban J connectivity index is 2.21. The number of benzene rings is 1. The second kappa shape index (κ2) is 7.01. The first-order valence-electron chi connectivity index (χ1n) is 6.95. The van der Waals surface area contributed by atoms with Crippen LogP contribution in [0.2, 0.25) is 0 Å². The lowest BCUT2D eigenvalue weighted by molar-refractivity contribution is -0.0200. The molecule has 1 fully saturated rings. The number of aliphatic hydroxyl groups excluding tert-OH is 3. The predicted octanol–water partition coefficient (Wildman–Crippen LogP) is 0.785. The lowest BCUT2D eigenvalue weighted by Gasteiger charge is -2.44. The Morgan fingerprint density at radius 1 is 1.11 bits per heavy atom. The zero-order valence-electron chi connectivity index (χ0n) is 11.2. The van der Waals surface area contributed by atoms with Crippen LogP contribution in [0.25, 0.3) is 0 Å². The Morgan fingerprint density at radius 2 is 1.84 bits per heavy atom. The number of likely N-dealkylation sites (tertiary alicyclic amines) is 1. The Labute approximate surface area is 114 Å². The van der Waals surface area contributed by atoms with E-state index in [0.29, 0.717) is 0 Å². The summed E-state index contributed by atoms with van der Waals surface area (Å²) in [6.45, 7) is 0.990. The number of piperidine rings is 1. The molecule has 4 nitrogen and oxygen atoms in total. The molecule has 0 aliphatic carbocycles. The van der Waals surface area contributed by atoms with Gasteiger partial charge < -0.3 is 15.3 Å². The molecule has 1 aliphatic rings. The zero-order chi connectivity index (χ0) is 13.7. The van der Waals surface area contributed by atoms with Crippen molar-refractivity contribution in [3.8, 4) is 0 Å². The van der Waals surface area contributed by atoms with Gasteiger partial charge in [-0.05, 0) is 30.9 Å². The van der Waals surface area contributed by atoms with Gasteiger partial charge in [0.05, 0.1) is 19.3 Å². The van der Waals surface area contributed by atoms with Crippen LogP contribution in [-0.4, -0.2) is 52.6 Å². The van der Waals surface area contributed by atoms with E-state index in [1.54, 1.807) is 0 Å². The number of nitrogens with zero attached hydrogens (tertiary/aromatic N) is 1. The van der Waals surface area contributed by atoms with Crippen LogP contribution in [0, 0.1) is 5.92 Å². The molecule has 0 unspecified atom stereocenters. The van der Waals surface area contributed by atoms with Gasteiger partial charge in [0.1, 0.15) is 0 Å². The van der Waals surface area contributed by atoms with Crippen molar-refractivity contribution in [1.82, 2.24) is 4.90 Å². The minimum atomic E-state index is -0.104. The van der Waals surface area contributed by atoms with Crippen LogP contribution in [0.5, 0.6) is 0 Å². The van der Waals surface area contributed by atoms with Crippen LogP contribution in [0.3, 0.4) is 0 Å². The molecule has 106 valence electrons. The molecule has 2 rings (SSSR count). The van der Waals surface area contributed by atoms with E-state index in [-0.39, 0.29) is 37.8 Å². The molecule has 4 heteroatoms. The van der Waals surface area contributed by atoms with Crippen LogP contribution >= 0.6 is 0 Å². The third-order valence-electron chi connectivity index (χ3n) is 4.14. The number of rotatable bonds is 5. The van der Waals surface area contributed by atoms with Gasteiger partial charge in [0.2, 0.25) is 0 Å². The summed E-state index contributed by atoms with van der Waals surface area (Å²) in [7, 11) is 0. The van der Waals surface area contributed by atoms with Crippen molar-refractivity contribution < 1.29 is 15.3 Å². The smallest absolute Gasteiger partial charge is 0.0628 e. The molecule has 1 saturated heterocycles. The van der Waals surface area contributed by atoms with Crippen molar-refractivity contribution in [2.45, 2.75) is 24.9 Å². The van der Waals surface area contributed by atoms with Crippen molar-refractivity contribution in [2.24, 2.45) is 5.92 Å². The summed E-state index contributed by atoms with van der Waals surface area (Å²) in [6, 6.07) is 9.69. The quantitative estimate of drug-likeness (QED) is 0.736. The summed E-state index contributed by atoms with van der Waals surface area (Å²) in [4.78, 5) is 2.14. The minimum absolute atomic E-state index is 0.0224. The highest BCUT2D eigenvalue weighted by molar-refractivity contribution is 5.19. The fraction of sp³-hybridized carbons (Fsp3) is 0.600. The van der Waals surface area contributed by atoms with Crippen molar-refractivity contribution in [1.29, 1.82) is 0 Å². The van der Waals surface area contributed by atoms with E-state index in [1.165, 1.54) is 0 Å². The lowest BCUT2D eigenvalue weighted by atomic mass is 9.88. The highest BCUT2D eigenvalue weighted by atomic mass is 16.3. The molecule has 0 saturated carbocycles. The molecular weight excluding hydrogens is 242 g/mol. The Hall–Kier alpha value is -0.940. The molecule has 1 aromatic carbocycles. The number of aliphatic hydroxyl groups is 3. The molecule has 0 spiro atoms. The first kappa shape index (κ1) is 14.5. The molecule has 0 radical (unpaired) electrons. The standard InChI is InChI=1S/C15H23NO3/c17-9-13-7-4-8-16(15(13)11-19)14(10-18)12-5-2-1-3-6-12/h1-3,5-6,13-15,17-19H,4,7-11H2/t13-,14-,15+/m0/s1. The van der Waals surface area contributed by atoms with Crippen molar-refractivity contribution >= 4 is 0 Å².